The number of hydrogen-bond acceptors (Lipinski definition) is 4. The topological polar surface area (TPSA) is 55.0 Å². The molecule has 0 unspecified atom stereocenters. The van der Waals surface area contributed by atoms with Gasteiger partial charge in [-0.15, -0.1) is 0 Å². The number of anilines is 2. The molecule has 5 heteroatoms. The lowest BCUT2D eigenvalue weighted by Crippen LogP contribution is -2.18. The Kier molecular flexibility index (Phi) is 3.84. The van der Waals surface area contributed by atoms with Gasteiger partial charge in [0.2, 0.25) is 0 Å². The van der Waals surface area contributed by atoms with Crippen LogP contribution in [0.4, 0.5) is 15.9 Å². The number of nitrogens with two attached hydrogens (primary N) is 1. The van der Waals surface area contributed by atoms with Crippen LogP contribution < -0.4 is 10.6 Å². The monoisotopic (exact) mass is 246 g/mol. The Morgan fingerprint density at radius 1 is 1.17 bits per heavy atom. The van der Waals surface area contributed by atoms with Gasteiger partial charge in [-0.1, -0.05) is 0 Å². The van der Waals surface area contributed by atoms with Crippen molar-refractivity contribution in [2.24, 2.45) is 5.73 Å². The quantitative estimate of drug-likeness (QED) is 0.898. The summed E-state index contributed by atoms with van der Waals surface area (Å²) in [6.07, 6.45) is 3.33. The van der Waals surface area contributed by atoms with Crippen LogP contribution in [0, 0.1) is 5.82 Å². The standard InChI is InChI=1S/C13H15FN4/c1-2-18(12-5-3-10(14)4-6-12)13-9-16-11(7-15)8-17-13/h3-6,8-9H,2,7,15H2,1H3. The lowest BCUT2D eigenvalue weighted by atomic mass is 10.3. The van der Waals surface area contributed by atoms with Crippen LogP contribution in [-0.2, 0) is 6.54 Å². The van der Waals surface area contributed by atoms with Crippen LogP contribution in [0.25, 0.3) is 0 Å². The second-order valence-electron chi connectivity index (χ2n) is 3.79. The lowest BCUT2D eigenvalue weighted by molar-refractivity contribution is 0.628. The Morgan fingerprint density at radius 2 is 1.89 bits per heavy atom. The molecule has 0 fully saturated rings. The van der Waals surface area contributed by atoms with Gasteiger partial charge in [0.1, 0.15) is 5.82 Å². The van der Waals surface area contributed by atoms with Crippen LogP contribution in [0.3, 0.4) is 0 Å². The molecule has 0 spiro atoms. The second-order valence-corrected chi connectivity index (χ2v) is 3.79. The zero-order valence-electron chi connectivity index (χ0n) is 10.2. The maximum atomic E-state index is 12.9. The van der Waals surface area contributed by atoms with Crippen molar-refractivity contribution >= 4 is 11.5 Å². The van der Waals surface area contributed by atoms with Crippen LogP contribution in [0.15, 0.2) is 36.7 Å². The molecule has 1 aromatic heterocycles. The molecule has 0 saturated carbocycles. The van der Waals surface area contributed by atoms with Gasteiger partial charge >= 0.3 is 0 Å². The first kappa shape index (κ1) is 12.4. The molecule has 1 heterocycles. The summed E-state index contributed by atoms with van der Waals surface area (Å²) in [7, 11) is 0. The molecular formula is C13H15FN4. The van der Waals surface area contributed by atoms with E-state index in [-0.39, 0.29) is 5.82 Å². The predicted molar refractivity (Wildman–Crippen MR) is 69.0 cm³/mol. The smallest absolute Gasteiger partial charge is 0.151 e. The van der Waals surface area contributed by atoms with Crippen molar-refractivity contribution in [1.29, 1.82) is 0 Å². The minimum atomic E-state index is -0.251. The van der Waals surface area contributed by atoms with Crippen molar-refractivity contribution < 1.29 is 4.39 Å². The Morgan fingerprint density at radius 3 is 2.39 bits per heavy atom. The molecule has 0 amide bonds. The number of aromatic nitrogens is 2. The van der Waals surface area contributed by atoms with Crippen molar-refractivity contribution in [3.05, 3.63) is 48.2 Å². The molecule has 0 atom stereocenters. The predicted octanol–water partition coefficient (Wildman–Crippen LogP) is 2.23. The highest BCUT2D eigenvalue weighted by Crippen LogP contribution is 2.22. The van der Waals surface area contributed by atoms with Gasteiger partial charge in [-0.25, -0.2) is 9.37 Å². The molecule has 2 rings (SSSR count). The van der Waals surface area contributed by atoms with Gasteiger partial charge < -0.3 is 10.6 Å². The molecule has 1 aromatic carbocycles. The molecule has 2 aromatic rings. The van der Waals surface area contributed by atoms with Crippen molar-refractivity contribution in [2.75, 3.05) is 11.4 Å². The molecule has 18 heavy (non-hydrogen) atoms. The van der Waals surface area contributed by atoms with E-state index in [1.54, 1.807) is 24.5 Å². The summed E-state index contributed by atoms with van der Waals surface area (Å²) < 4.78 is 12.9. The van der Waals surface area contributed by atoms with E-state index in [1.165, 1.54) is 12.1 Å². The molecule has 94 valence electrons. The normalized spacial score (nSPS) is 10.4. The fraction of sp³-hybridized carbons (Fsp3) is 0.231. The van der Waals surface area contributed by atoms with Gasteiger partial charge in [0.05, 0.1) is 18.1 Å². The van der Waals surface area contributed by atoms with E-state index in [0.717, 1.165) is 23.7 Å². The highest BCUT2D eigenvalue weighted by atomic mass is 19.1. The second kappa shape index (κ2) is 5.55. The summed E-state index contributed by atoms with van der Waals surface area (Å²) in [4.78, 5) is 10.5. The average molecular weight is 246 g/mol. The van der Waals surface area contributed by atoms with E-state index in [4.69, 9.17) is 5.73 Å². The summed E-state index contributed by atoms with van der Waals surface area (Å²) in [5, 5.41) is 0. The molecule has 4 nitrogen and oxygen atoms in total. The Labute approximate surface area is 105 Å². The molecule has 0 aliphatic rings. The van der Waals surface area contributed by atoms with Crippen molar-refractivity contribution in [1.82, 2.24) is 9.97 Å². The fourth-order valence-electron chi connectivity index (χ4n) is 1.69. The molecular weight excluding hydrogens is 231 g/mol. The largest absolute Gasteiger partial charge is 0.325 e. The summed E-state index contributed by atoms with van der Waals surface area (Å²) >= 11 is 0. The average Bonchev–Trinajstić information content (AvgIpc) is 2.42. The van der Waals surface area contributed by atoms with E-state index in [1.807, 2.05) is 11.8 Å². The summed E-state index contributed by atoms with van der Waals surface area (Å²) in [5.74, 6) is 0.473. The highest BCUT2D eigenvalue weighted by molar-refractivity contribution is 5.58. The lowest BCUT2D eigenvalue weighted by Gasteiger charge is -2.21. The van der Waals surface area contributed by atoms with E-state index < -0.39 is 0 Å². The van der Waals surface area contributed by atoms with Gasteiger partial charge in [0.15, 0.2) is 5.82 Å². The van der Waals surface area contributed by atoms with Crippen LogP contribution in [-0.4, -0.2) is 16.5 Å². The molecule has 2 N–H and O–H groups in total. The molecule has 0 aliphatic carbocycles. The third-order valence-corrected chi connectivity index (χ3v) is 2.63. The van der Waals surface area contributed by atoms with E-state index >= 15 is 0 Å². The van der Waals surface area contributed by atoms with Crippen LogP contribution in [0.2, 0.25) is 0 Å². The van der Waals surface area contributed by atoms with Gasteiger partial charge in [-0.2, -0.15) is 0 Å². The van der Waals surface area contributed by atoms with Crippen LogP contribution >= 0.6 is 0 Å². The maximum Gasteiger partial charge on any atom is 0.151 e. The van der Waals surface area contributed by atoms with Gasteiger partial charge in [0, 0.05) is 18.8 Å². The number of benzene rings is 1. The maximum absolute atomic E-state index is 12.9. The van der Waals surface area contributed by atoms with Gasteiger partial charge in [-0.05, 0) is 31.2 Å². The van der Waals surface area contributed by atoms with Crippen molar-refractivity contribution in [2.45, 2.75) is 13.5 Å². The van der Waals surface area contributed by atoms with E-state index in [2.05, 4.69) is 9.97 Å². The molecule has 0 saturated heterocycles. The van der Waals surface area contributed by atoms with E-state index in [0.29, 0.717) is 6.54 Å². The van der Waals surface area contributed by atoms with Crippen molar-refractivity contribution in [3.63, 3.8) is 0 Å². The Bertz CT molecular complexity index is 495. The third-order valence-electron chi connectivity index (χ3n) is 2.63. The van der Waals surface area contributed by atoms with Gasteiger partial charge in [0.25, 0.3) is 0 Å². The number of hydrogen-bond donors (Lipinski definition) is 1. The molecule has 0 bridgehead atoms. The first-order valence-corrected chi connectivity index (χ1v) is 5.78. The SMILES string of the molecule is CCN(c1ccc(F)cc1)c1cnc(CN)cn1. The summed E-state index contributed by atoms with van der Waals surface area (Å²) in [6.45, 7) is 3.10. The Hall–Kier alpha value is -2.01. The first-order valence-electron chi connectivity index (χ1n) is 5.78. The molecule has 0 aliphatic heterocycles. The van der Waals surface area contributed by atoms with Crippen LogP contribution in [0.5, 0.6) is 0 Å². The first-order chi connectivity index (χ1) is 8.74. The fourth-order valence-corrected chi connectivity index (χ4v) is 1.69. The number of halogens is 1. The van der Waals surface area contributed by atoms with Gasteiger partial charge in [-0.3, -0.25) is 4.98 Å². The molecule has 0 radical (unpaired) electrons. The summed E-state index contributed by atoms with van der Waals surface area (Å²) in [6, 6.07) is 6.30. The van der Waals surface area contributed by atoms with E-state index in [9.17, 15) is 4.39 Å². The zero-order valence-corrected chi connectivity index (χ0v) is 10.2. The van der Waals surface area contributed by atoms with Crippen LogP contribution in [0.1, 0.15) is 12.6 Å². The highest BCUT2D eigenvalue weighted by Gasteiger charge is 2.08. The van der Waals surface area contributed by atoms with Crippen molar-refractivity contribution in [3.8, 4) is 0 Å². The number of rotatable bonds is 4. The Balaban J connectivity index is 2.29. The minimum absolute atomic E-state index is 0.251. The summed E-state index contributed by atoms with van der Waals surface area (Å²) in [5.41, 5.74) is 7.11. The third kappa shape index (κ3) is 2.62. The minimum Gasteiger partial charge on any atom is -0.325 e. The zero-order chi connectivity index (χ0) is 13.0. The number of nitrogens with zero attached hydrogens (tertiary/aromatic N) is 3.